The van der Waals surface area contributed by atoms with Crippen LogP contribution >= 0.6 is 11.8 Å². The maximum Gasteiger partial charge on any atom is 0.416 e. The molecule has 1 aliphatic heterocycles. The number of fused-ring (bicyclic) bond motifs is 1. The molecule has 0 spiro atoms. The van der Waals surface area contributed by atoms with Gasteiger partial charge < -0.3 is 9.88 Å². The molecule has 0 bridgehead atoms. The van der Waals surface area contributed by atoms with Crippen molar-refractivity contribution in [2.75, 3.05) is 18.8 Å². The van der Waals surface area contributed by atoms with Gasteiger partial charge in [0.25, 0.3) is 0 Å². The maximum absolute atomic E-state index is 13.1. The topological polar surface area (TPSA) is 67.2 Å². The fourth-order valence-electron chi connectivity index (χ4n) is 3.38. The molecule has 1 aliphatic rings. The van der Waals surface area contributed by atoms with E-state index in [4.69, 9.17) is 0 Å². The highest BCUT2D eigenvalue weighted by molar-refractivity contribution is 7.99. The Morgan fingerprint density at radius 1 is 1.10 bits per heavy atom. The maximum atomic E-state index is 13.1. The number of imidazole rings is 1. The molecule has 0 aliphatic carbocycles. The monoisotopic (exact) mass is 448 g/mol. The number of imide groups is 1. The van der Waals surface area contributed by atoms with Crippen LogP contribution < -0.4 is 5.32 Å². The zero-order valence-electron chi connectivity index (χ0n) is 16.4. The lowest BCUT2D eigenvalue weighted by Gasteiger charge is -2.12. The van der Waals surface area contributed by atoms with Crippen molar-refractivity contribution < 1.29 is 22.8 Å². The highest BCUT2D eigenvalue weighted by Crippen LogP contribution is 2.33. The van der Waals surface area contributed by atoms with Crippen molar-refractivity contribution in [3.63, 3.8) is 0 Å². The number of hydrogen-bond acceptors (Lipinski definition) is 4. The summed E-state index contributed by atoms with van der Waals surface area (Å²) in [4.78, 5) is 28.9. The number of aromatic nitrogens is 2. The van der Waals surface area contributed by atoms with Gasteiger partial charge in [0.1, 0.15) is 0 Å². The van der Waals surface area contributed by atoms with E-state index in [1.54, 1.807) is 0 Å². The third kappa shape index (κ3) is 4.68. The van der Waals surface area contributed by atoms with Crippen LogP contribution in [-0.4, -0.2) is 45.2 Å². The Hall–Kier alpha value is -3.01. The third-order valence-corrected chi connectivity index (χ3v) is 5.98. The van der Waals surface area contributed by atoms with Crippen molar-refractivity contribution >= 4 is 34.7 Å². The molecule has 31 heavy (non-hydrogen) atoms. The Kier molecular flexibility index (Phi) is 5.90. The number of nitrogens with zero attached hydrogens (tertiary/aromatic N) is 3. The predicted octanol–water partition coefficient (Wildman–Crippen LogP) is 4.14. The van der Waals surface area contributed by atoms with E-state index in [1.807, 2.05) is 34.9 Å². The zero-order valence-corrected chi connectivity index (χ0v) is 17.2. The van der Waals surface area contributed by atoms with Crippen LogP contribution in [0.5, 0.6) is 0 Å². The quantitative estimate of drug-likeness (QED) is 0.335. The van der Waals surface area contributed by atoms with Crippen LogP contribution in [0.15, 0.2) is 53.7 Å². The van der Waals surface area contributed by atoms with E-state index in [1.165, 1.54) is 22.7 Å². The molecule has 2 aromatic carbocycles. The first-order chi connectivity index (χ1) is 14.8. The van der Waals surface area contributed by atoms with E-state index >= 15 is 0 Å². The van der Waals surface area contributed by atoms with E-state index < -0.39 is 17.8 Å². The molecule has 2 heterocycles. The smallest absolute Gasteiger partial charge is 0.329 e. The molecule has 1 aromatic heterocycles. The van der Waals surface area contributed by atoms with Gasteiger partial charge in [0.05, 0.1) is 29.7 Å². The number of carbonyl (C=O) groups excluding carboxylic acids is 2. The van der Waals surface area contributed by atoms with Crippen molar-refractivity contribution in [3.05, 3.63) is 59.7 Å². The summed E-state index contributed by atoms with van der Waals surface area (Å²) in [5.74, 6) is 0.299. The number of carbonyl (C=O) groups is 2. The van der Waals surface area contributed by atoms with Crippen molar-refractivity contribution in [3.8, 4) is 0 Å². The largest absolute Gasteiger partial charge is 0.416 e. The van der Waals surface area contributed by atoms with Crippen molar-refractivity contribution in [2.45, 2.75) is 24.3 Å². The molecule has 162 valence electrons. The number of rotatable bonds is 7. The minimum Gasteiger partial charge on any atom is -0.329 e. The number of hydrogen-bond donors (Lipinski definition) is 1. The molecule has 0 saturated carbocycles. The first-order valence-corrected chi connectivity index (χ1v) is 10.6. The van der Waals surface area contributed by atoms with Gasteiger partial charge in [-0.05, 0) is 30.2 Å². The normalized spacial score (nSPS) is 14.5. The van der Waals surface area contributed by atoms with Gasteiger partial charge in [-0.3, -0.25) is 9.69 Å². The highest BCUT2D eigenvalue weighted by atomic mass is 32.2. The summed E-state index contributed by atoms with van der Waals surface area (Å²) >= 11 is 1.39. The molecule has 10 heteroatoms. The standard InChI is InChI=1S/C21H19F3N4O2S/c22-21(23,24)15-7-8-17-16(11-15)26-20(28(17)13-14-5-2-1-3-6-14)31-10-4-9-27-18(29)12-25-19(27)30/h1-3,5-8,11H,4,9-10,12-13H2,(H,25,30). The number of thioether (sulfide) groups is 1. The zero-order chi connectivity index (χ0) is 22.0. The summed E-state index contributed by atoms with van der Waals surface area (Å²) in [7, 11) is 0. The van der Waals surface area contributed by atoms with Crippen LogP contribution in [0.25, 0.3) is 11.0 Å². The van der Waals surface area contributed by atoms with Gasteiger partial charge in [-0.2, -0.15) is 13.2 Å². The van der Waals surface area contributed by atoms with E-state index in [0.717, 1.165) is 17.7 Å². The molecular weight excluding hydrogens is 429 g/mol. The fraction of sp³-hybridized carbons (Fsp3) is 0.286. The first kappa shape index (κ1) is 21.2. The fourth-order valence-corrected chi connectivity index (χ4v) is 4.32. The SMILES string of the molecule is O=C1CNC(=O)N1CCCSc1nc2cc(C(F)(F)F)ccc2n1Cc1ccccc1. The molecule has 4 rings (SSSR count). The Morgan fingerprint density at radius 2 is 1.87 bits per heavy atom. The van der Waals surface area contributed by atoms with Crippen molar-refractivity contribution in [1.82, 2.24) is 19.8 Å². The summed E-state index contributed by atoms with van der Waals surface area (Å²) in [5, 5.41) is 3.06. The molecule has 0 radical (unpaired) electrons. The minimum atomic E-state index is -4.44. The molecule has 3 amide bonds. The number of halogens is 3. The lowest BCUT2D eigenvalue weighted by molar-refractivity contribution is -0.137. The number of urea groups is 1. The highest BCUT2D eigenvalue weighted by Gasteiger charge is 2.31. The van der Waals surface area contributed by atoms with E-state index in [2.05, 4.69) is 10.3 Å². The second-order valence-corrected chi connectivity index (χ2v) is 8.14. The summed E-state index contributed by atoms with van der Waals surface area (Å²) in [6.07, 6.45) is -3.89. The Morgan fingerprint density at radius 3 is 2.55 bits per heavy atom. The second kappa shape index (κ2) is 8.62. The van der Waals surface area contributed by atoms with Crippen LogP contribution in [0.2, 0.25) is 0 Å². The average molecular weight is 448 g/mol. The van der Waals surface area contributed by atoms with Crippen molar-refractivity contribution in [1.29, 1.82) is 0 Å². The molecule has 3 aromatic rings. The Labute approximate surface area is 180 Å². The van der Waals surface area contributed by atoms with Crippen LogP contribution in [0.4, 0.5) is 18.0 Å². The Balaban J connectivity index is 1.55. The van der Waals surface area contributed by atoms with Crippen LogP contribution in [0, 0.1) is 0 Å². The number of benzene rings is 2. The van der Waals surface area contributed by atoms with E-state index in [9.17, 15) is 22.8 Å². The number of nitrogens with one attached hydrogen (secondary N) is 1. The minimum absolute atomic E-state index is 0.0143. The lowest BCUT2D eigenvalue weighted by atomic mass is 10.2. The molecule has 0 atom stereocenters. The summed E-state index contributed by atoms with van der Waals surface area (Å²) in [5.41, 5.74) is 1.16. The molecule has 6 nitrogen and oxygen atoms in total. The van der Waals surface area contributed by atoms with Gasteiger partial charge in [0.2, 0.25) is 5.91 Å². The van der Waals surface area contributed by atoms with Gasteiger partial charge in [0.15, 0.2) is 5.16 Å². The van der Waals surface area contributed by atoms with Crippen LogP contribution in [0.1, 0.15) is 17.5 Å². The predicted molar refractivity (Wildman–Crippen MR) is 111 cm³/mol. The summed E-state index contributed by atoms with van der Waals surface area (Å²) in [6.45, 7) is 0.771. The third-order valence-electron chi connectivity index (χ3n) is 4.92. The summed E-state index contributed by atoms with van der Waals surface area (Å²) in [6, 6.07) is 12.8. The first-order valence-electron chi connectivity index (χ1n) is 9.65. The van der Waals surface area contributed by atoms with Gasteiger partial charge in [-0.1, -0.05) is 42.1 Å². The lowest BCUT2D eigenvalue weighted by Crippen LogP contribution is -2.32. The Bertz CT molecular complexity index is 1100. The van der Waals surface area contributed by atoms with E-state index in [-0.39, 0.29) is 24.5 Å². The van der Waals surface area contributed by atoms with Gasteiger partial charge in [0, 0.05) is 12.3 Å². The average Bonchev–Trinajstić information content (AvgIpc) is 3.24. The van der Waals surface area contributed by atoms with Crippen LogP contribution in [0.3, 0.4) is 0 Å². The molecule has 1 N–H and O–H groups in total. The van der Waals surface area contributed by atoms with Gasteiger partial charge >= 0.3 is 12.2 Å². The van der Waals surface area contributed by atoms with Crippen molar-refractivity contribution in [2.24, 2.45) is 0 Å². The summed E-state index contributed by atoms with van der Waals surface area (Å²) < 4.78 is 41.3. The van der Waals surface area contributed by atoms with E-state index in [0.29, 0.717) is 29.4 Å². The van der Waals surface area contributed by atoms with Crippen LogP contribution in [-0.2, 0) is 17.5 Å². The molecule has 1 saturated heterocycles. The second-order valence-electron chi connectivity index (χ2n) is 7.07. The number of alkyl halides is 3. The number of amides is 3. The van der Waals surface area contributed by atoms with Gasteiger partial charge in [-0.25, -0.2) is 9.78 Å². The van der Waals surface area contributed by atoms with Gasteiger partial charge in [-0.15, -0.1) is 0 Å². The molecular formula is C21H19F3N4O2S. The molecule has 0 unspecified atom stereocenters. The molecule has 1 fully saturated rings.